The molecule has 0 fully saturated rings. The molecule has 1 atom stereocenters. The van der Waals surface area contributed by atoms with Gasteiger partial charge in [-0.1, -0.05) is 0 Å². The van der Waals surface area contributed by atoms with Crippen molar-refractivity contribution in [3.8, 4) is 0 Å². The van der Waals surface area contributed by atoms with Crippen LogP contribution in [0.5, 0.6) is 0 Å². The second kappa shape index (κ2) is 8.63. The average molecular weight is 406 g/mol. The molecule has 2 heterocycles. The zero-order valence-corrected chi connectivity index (χ0v) is 17.0. The monoisotopic (exact) mass is 406 g/mol. The Kier molecular flexibility index (Phi) is 6.47. The van der Waals surface area contributed by atoms with E-state index in [1.165, 1.54) is 10.8 Å². The van der Waals surface area contributed by atoms with E-state index in [1.807, 2.05) is 0 Å². The summed E-state index contributed by atoms with van der Waals surface area (Å²) in [5, 5.41) is 0. The summed E-state index contributed by atoms with van der Waals surface area (Å²) in [4.78, 5) is 52.6. The Morgan fingerprint density at radius 2 is 1.41 bits per heavy atom. The molecule has 0 saturated carbocycles. The van der Waals surface area contributed by atoms with Gasteiger partial charge in [0.1, 0.15) is 5.57 Å². The van der Waals surface area contributed by atoms with Gasteiger partial charge < -0.3 is 28.4 Å². The average Bonchev–Trinajstić information content (AvgIpc) is 3.13. The van der Waals surface area contributed by atoms with Crippen LogP contribution >= 0.6 is 0 Å². The summed E-state index contributed by atoms with van der Waals surface area (Å²) in [6.07, 6.45) is 1.53. The summed E-state index contributed by atoms with van der Waals surface area (Å²) in [5.74, 6) is -3.74. The molecule has 0 radical (unpaired) electrons. The fourth-order valence-electron chi connectivity index (χ4n) is 3.21. The maximum Gasteiger partial charge on any atom is 0.340 e. The fraction of sp³-hybridized carbons (Fsp3) is 0.368. The SMILES string of the molecule is COC(=O)C1=C(C(=O)OC)[C@H](C(=O)OC)n2cccc2C(N(C)C)=C1C(=O)OC. The van der Waals surface area contributed by atoms with E-state index in [2.05, 4.69) is 0 Å². The van der Waals surface area contributed by atoms with Crippen LogP contribution in [0.2, 0.25) is 0 Å². The first kappa shape index (κ1) is 21.7. The molecule has 10 nitrogen and oxygen atoms in total. The molecular weight excluding hydrogens is 384 g/mol. The van der Waals surface area contributed by atoms with E-state index in [1.54, 1.807) is 31.1 Å². The van der Waals surface area contributed by atoms with Crippen LogP contribution in [0.15, 0.2) is 35.0 Å². The van der Waals surface area contributed by atoms with Crippen LogP contribution in [0, 0.1) is 0 Å². The Balaban J connectivity index is 3.15. The van der Waals surface area contributed by atoms with Crippen LogP contribution in [0.4, 0.5) is 0 Å². The smallest absolute Gasteiger partial charge is 0.340 e. The lowest BCUT2D eigenvalue weighted by Crippen LogP contribution is -2.30. The van der Waals surface area contributed by atoms with Gasteiger partial charge >= 0.3 is 23.9 Å². The molecule has 29 heavy (non-hydrogen) atoms. The number of ether oxygens (including phenoxy) is 4. The molecule has 0 bridgehead atoms. The number of carbonyl (C=O) groups is 4. The van der Waals surface area contributed by atoms with Crippen LogP contribution in [-0.4, -0.2) is 75.9 Å². The summed E-state index contributed by atoms with van der Waals surface area (Å²) in [7, 11) is 7.74. The molecule has 1 aliphatic heterocycles. The predicted molar refractivity (Wildman–Crippen MR) is 99.2 cm³/mol. The molecule has 0 aliphatic carbocycles. The molecule has 156 valence electrons. The number of hydrogen-bond donors (Lipinski definition) is 0. The highest BCUT2D eigenvalue weighted by molar-refractivity contribution is 6.17. The van der Waals surface area contributed by atoms with Gasteiger partial charge in [-0.05, 0) is 12.1 Å². The molecule has 1 aliphatic rings. The third kappa shape index (κ3) is 3.60. The van der Waals surface area contributed by atoms with Gasteiger partial charge in [0.15, 0.2) is 6.04 Å². The van der Waals surface area contributed by atoms with Gasteiger partial charge in [0.2, 0.25) is 0 Å². The Hall–Kier alpha value is -3.56. The molecule has 2 rings (SSSR count). The maximum absolute atomic E-state index is 12.8. The fourth-order valence-corrected chi connectivity index (χ4v) is 3.21. The van der Waals surface area contributed by atoms with E-state index in [-0.39, 0.29) is 11.3 Å². The summed E-state index contributed by atoms with van der Waals surface area (Å²) in [6.45, 7) is 0. The van der Waals surface area contributed by atoms with Crippen molar-refractivity contribution < 1.29 is 38.1 Å². The first-order chi connectivity index (χ1) is 13.7. The molecule has 10 heteroatoms. The Morgan fingerprint density at radius 3 is 1.90 bits per heavy atom. The van der Waals surface area contributed by atoms with Gasteiger partial charge in [0.05, 0.1) is 51.0 Å². The van der Waals surface area contributed by atoms with Crippen LogP contribution in [0.25, 0.3) is 5.70 Å². The number of nitrogens with zero attached hydrogens (tertiary/aromatic N) is 2. The lowest BCUT2D eigenvalue weighted by molar-refractivity contribution is -0.147. The van der Waals surface area contributed by atoms with Gasteiger partial charge in [-0.3, -0.25) is 0 Å². The van der Waals surface area contributed by atoms with Gasteiger partial charge in [-0.15, -0.1) is 0 Å². The summed E-state index contributed by atoms with van der Waals surface area (Å²) in [6, 6.07) is 1.86. The minimum Gasteiger partial charge on any atom is -0.467 e. The van der Waals surface area contributed by atoms with Crippen molar-refractivity contribution in [3.05, 3.63) is 40.7 Å². The van der Waals surface area contributed by atoms with E-state index >= 15 is 0 Å². The van der Waals surface area contributed by atoms with Crippen LogP contribution in [0.1, 0.15) is 11.7 Å². The van der Waals surface area contributed by atoms with E-state index in [4.69, 9.17) is 18.9 Å². The van der Waals surface area contributed by atoms with Crippen molar-refractivity contribution in [3.63, 3.8) is 0 Å². The second-order valence-corrected chi connectivity index (χ2v) is 6.11. The quantitative estimate of drug-likeness (QED) is 0.503. The first-order valence-corrected chi connectivity index (χ1v) is 8.41. The van der Waals surface area contributed by atoms with E-state index < -0.39 is 41.1 Å². The number of esters is 4. The Morgan fingerprint density at radius 1 is 0.862 bits per heavy atom. The highest BCUT2D eigenvalue weighted by Gasteiger charge is 2.44. The molecule has 0 saturated heterocycles. The van der Waals surface area contributed by atoms with Crippen molar-refractivity contribution in [1.29, 1.82) is 0 Å². The van der Waals surface area contributed by atoms with Crippen molar-refractivity contribution in [2.75, 3.05) is 42.5 Å². The number of rotatable bonds is 5. The highest BCUT2D eigenvalue weighted by Crippen LogP contribution is 2.39. The van der Waals surface area contributed by atoms with E-state index in [0.29, 0.717) is 5.69 Å². The van der Waals surface area contributed by atoms with Crippen molar-refractivity contribution in [2.45, 2.75) is 6.04 Å². The molecule has 0 aromatic carbocycles. The standard InChI is InChI=1S/C19H22N2O8/c1-20(2)14-10-8-7-9-21(10)15(19(25)29-6)13(18(24)28-5)11(16(22)26-3)12(14)17(23)27-4/h7-9,15H,1-6H3/t15-/m1/s1. The minimum atomic E-state index is -1.40. The molecule has 1 aromatic rings. The second-order valence-electron chi connectivity index (χ2n) is 6.11. The number of hydrogen-bond acceptors (Lipinski definition) is 9. The number of methoxy groups -OCH3 is 4. The predicted octanol–water partition coefficient (Wildman–Crippen LogP) is 0.304. The summed E-state index contributed by atoms with van der Waals surface area (Å²) >= 11 is 0. The van der Waals surface area contributed by atoms with Gasteiger partial charge in [0, 0.05) is 20.3 Å². The molecule has 0 N–H and O–H groups in total. The Labute approximate surface area is 167 Å². The topological polar surface area (TPSA) is 113 Å². The van der Waals surface area contributed by atoms with Crippen molar-refractivity contribution in [1.82, 2.24) is 9.47 Å². The molecule has 1 aromatic heterocycles. The normalized spacial score (nSPS) is 15.9. The third-order valence-corrected chi connectivity index (χ3v) is 4.39. The summed E-state index contributed by atoms with van der Waals surface area (Å²) in [5.41, 5.74) is -0.452. The molecule has 0 unspecified atom stereocenters. The van der Waals surface area contributed by atoms with E-state index in [9.17, 15) is 19.2 Å². The molecule has 0 spiro atoms. The zero-order chi connectivity index (χ0) is 21.9. The lowest BCUT2D eigenvalue weighted by Gasteiger charge is -2.22. The lowest BCUT2D eigenvalue weighted by atomic mass is 9.93. The van der Waals surface area contributed by atoms with Crippen molar-refractivity contribution >= 4 is 29.6 Å². The Bertz CT molecular complexity index is 922. The van der Waals surface area contributed by atoms with Gasteiger partial charge in [-0.2, -0.15) is 0 Å². The molecule has 0 amide bonds. The number of aromatic nitrogens is 1. The maximum atomic E-state index is 12.8. The van der Waals surface area contributed by atoms with E-state index in [0.717, 1.165) is 28.4 Å². The van der Waals surface area contributed by atoms with Gasteiger partial charge in [0.25, 0.3) is 0 Å². The van der Waals surface area contributed by atoms with Crippen molar-refractivity contribution in [2.24, 2.45) is 0 Å². The molecular formula is C19H22N2O8. The highest BCUT2D eigenvalue weighted by atomic mass is 16.5. The third-order valence-electron chi connectivity index (χ3n) is 4.39. The first-order valence-electron chi connectivity index (χ1n) is 8.41. The number of fused-ring (bicyclic) bond motifs is 1. The number of carbonyl (C=O) groups excluding carboxylic acids is 4. The minimum absolute atomic E-state index is 0.240. The van der Waals surface area contributed by atoms with Crippen LogP contribution in [0.3, 0.4) is 0 Å². The zero-order valence-electron chi connectivity index (χ0n) is 17.0. The van der Waals surface area contributed by atoms with Crippen LogP contribution < -0.4 is 0 Å². The largest absolute Gasteiger partial charge is 0.467 e. The van der Waals surface area contributed by atoms with Crippen LogP contribution in [-0.2, 0) is 38.1 Å². The summed E-state index contributed by atoms with van der Waals surface area (Å²) < 4.78 is 20.8. The van der Waals surface area contributed by atoms with Gasteiger partial charge in [-0.25, -0.2) is 19.2 Å².